The minimum absolute atomic E-state index is 0.267. The summed E-state index contributed by atoms with van der Waals surface area (Å²) in [7, 11) is 2.48. The number of methoxy groups -OCH3 is 2. The van der Waals surface area contributed by atoms with Gasteiger partial charge in [0.25, 0.3) is 0 Å². The summed E-state index contributed by atoms with van der Waals surface area (Å²) in [6.07, 6.45) is 2.20. The molecule has 0 N–H and O–H groups in total. The summed E-state index contributed by atoms with van der Waals surface area (Å²) in [5.41, 5.74) is -2.54. The van der Waals surface area contributed by atoms with Crippen LogP contribution in [0.3, 0.4) is 0 Å². The van der Waals surface area contributed by atoms with Gasteiger partial charge in [-0.1, -0.05) is 11.8 Å². The molecular weight excluding hydrogens is 328 g/mol. The minimum atomic E-state index is -1.27. The molecule has 2 aliphatic carbocycles. The van der Waals surface area contributed by atoms with Crippen molar-refractivity contribution in [1.29, 1.82) is 0 Å². The summed E-state index contributed by atoms with van der Waals surface area (Å²) in [5, 5.41) is 0. The zero-order valence-electron chi connectivity index (χ0n) is 14.0. The van der Waals surface area contributed by atoms with Gasteiger partial charge in [-0.3, -0.25) is 9.59 Å². The van der Waals surface area contributed by atoms with Crippen molar-refractivity contribution in [1.82, 2.24) is 0 Å². The van der Waals surface area contributed by atoms with E-state index in [1.807, 2.05) is 0 Å². The molecule has 2 saturated carbocycles. The lowest BCUT2D eigenvalue weighted by atomic mass is 10.1. The van der Waals surface area contributed by atoms with Crippen LogP contribution in [-0.4, -0.2) is 49.9 Å². The summed E-state index contributed by atoms with van der Waals surface area (Å²) in [6, 6.07) is 0. The van der Waals surface area contributed by atoms with Gasteiger partial charge in [0.15, 0.2) is 23.8 Å². The van der Waals surface area contributed by atoms with Crippen LogP contribution < -0.4 is 0 Å². The highest BCUT2D eigenvalue weighted by atomic mass is 16.6. The second-order valence-electron chi connectivity index (χ2n) is 5.95. The average Bonchev–Trinajstić information content (AvgIpc) is 3.51. The second kappa shape index (κ2) is 7.50. The van der Waals surface area contributed by atoms with E-state index in [1.54, 1.807) is 0 Å². The fraction of sp³-hybridized carbons (Fsp3) is 0.556. The van der Waals surface area contributed by atoms with Crippen molar-refractivity contribution in [3.8, 4) is 23.7 Å². The Hall–Kier alpha value is -2.64. The Morgan fingerprint density at radius 2 is 1.32 bits per heavy atom. The number of hydrogen-bond acceptors (Lipinski definition) is 7. The van der Waals surface area contributed by atoms with Crippen LogP contribution in [0.25, 0.3) is 0 Å². The maximum absolute atomic E-state index is 12.2. The van der Waals surface area contributed by atoms with Gasteiger partial charge in [0.1, 0.15) is 0 Å². The molecule has 0 spiro atoms. The molecule has 0 saturated heterocycles. The van der Waals surface area contributed by atoms with Gasteiger partial charge in [0.2, 0.25) is 0 Å². The normalized spacial score (nSPS) is 31.3. The zero-order chi connectivity index (χ0) is 18.5. The van der Waals surface area contributed by atoms with E-state index >= 15 is 0 Å². The lowest BCUT2D eigenvalue weighted by Crippen LogP contribution is -2.41. The van der Waals surface area contributed by atoms with Crippen LogP contribution in [-0.2, 0) is 33.4 Å². The molecule has 132 valence electrons. The smallest absolute Gasteiger partial charge is 0.338 e. The van der Waals surface area contributed by atoms with Gasteiger partial charge in [0, 0.05) is 24.7 Å². The SMILES string of the molecule is COC(=O)C1(OC2(C(=O)OC)CC2CC#CC=O)CC1CC#CC=O. The molecule has 0 bridgehead atoms. The number of esters is 2. The third-order valence-electron chi connectivity index (χ3n) is 4.54. The van der Waals surface area contributed by atoms with Crippen LogP contribution >= 0.6 is 0 Å². The highest BCUT2D eigenvalue weighted by Gasteiger charge is 2.72. The van der Waals surface area contributed by atoms with E-state index in [2.05, 4.69) is 23.7 Å². The van der Waals surface area contributed by atoms with Gasteiger partial charge in [-0.15, -0.1) is 0 Å². The van der Waals surface area contributed by atoms with Gasteiger partial charge < -0.3 is 14.2 Å². The quantitative estimate of drug-likeness (QED) is 0.381. The monoisotopic (exact) mass is 346 g/mol. The molecule has 0 aromatic carbocycles. The van der Waals surface area contributed by atoms with Crippen molar-refractivity contribution in [3.63, 3.8) is 0 Å². The van der Waals surface area contributed by atoms with Crippen molar-refractivity contribution in [2.75, 3.05) is 14.2 Å². The van der Waals surface area contributed by atoms with Crippen molar-refractivity contribution in [3.05, 3.63) is 0 Å². The summed E-state index contributed by atoms with van der Waals surface area (Å²) >= 11 is 0. The average molecular weight is 346 g/mol. The summed E-state index contributed by atoms with van der Waals surface area (Å²) in [6.45, 7) is 0. The topological polar surface area (TPSA) is 96.0 Å². The Morgan fingerprint density at radius 1 is 0.920 bits per heavy atom. The lowest BCUT2D eigenvalue weighted by Gasteiger charge is -2.23. The first-order valence-electron chi connectivity index (χ1n) is 7.71. The molecule has 0 aromatic heterocycles. The Bertz CT molecular complexity index is 644. The molecule has 25 heavy (non-hydrogen) atoms. The molecule has 4 unspecified atom stereocenters. The van der Waals surface area contributed by atoms with E-state index in [0.29, 0.717) is 25.4 Å². The largest absolute Gasteiger partial charge is 0.467 e. The molecule has 0 radical (unpaired) electrons. The Morgan fingerprint density at radius 3 is 1.64 bits per heavy atom. The van der Waals surface area contributed by atoms with Crippen molar-refractivity contribution >= 4 is 24.5 Å². The van der Waals surface area contributed by atoms with Crippen LogP contribution in [0.4, 0.5) is 0 Å². The number of carbonyl (C=O) groups excluding carboxylic acids is 4. The van der Waals surface area contributed by atoms with Gasteiger partial charge in [-0.2, -0.15) is 0 Å². The van der Waals surface area contributed by atoms with Crippen molar-refractivity contribution in [2.24, 2.45) is 11.8 Å². The molecule has 7 nitrogen and oxygen atoms in total. The first-order chi connectivity index (χ1) is 12.0. The molecule has 7 heteroatoms. The highest BCUT2D eigenvalue weighted by Crippen LogP contribution is 2.59. The Labute approximate surface area is 145 Å². The maximum atomic E-state index is 12.2. The third kappa shape index (κ3) is 3.57. The number of rotatable bonds is 6. The fourth-order valence-corrected chi connectivity index (χ4v) is 3.04. The molecule has 2 fully saturated rings. The lowest BCUT2D eigenvalue weighted by molar-refractivity contribution is -0.180. The van der Waals surface area contributed by atoms with Crippen LogP contribution in [0.1, 0.15) is 25.7 Å². The third-order valence-corrected chi connectivity index (χ3v) is 4.54. The van der Waals surface area contributed by atoms with Crippen LogP contribution in [0.5, 0.6) is 0 Å². The molecule has 0 heterocycles. The van der Waals surface area contributed by atoms with Gasteiger partial charge in [0.05, 0.1) is 14.2 Å². The number of aldehydes is 2. The van der Waals surface area contributed by atoms with E-state index in [1.165, 1.54) is 14.2 Å². The molecule has 2 rings (SSSR count). The van der Waals surface area contributed by atoms with Crippen LogP contribution in [0.15, 0.2) is 0 Å². The van der Waals surface area contributed by atoms with E-state index < -0.39 is 23.1 Å². The first-order valence-corrected chi connectivity index (χ1v) is 7.71. The number of carbonyl (C=O) groups is 4. The first kappa shape index (κ1) is 18.7. The minimum Gasteiger partial charge on any atom is -0.467 e. The van der Waals surface area contributed by atoms with Gasteiger partial charge in [-0.05, 0) is 24.7 Å². The molecule has 4 atom stereocenters. The standard InChI is InChI=1S/C18H18O7/c1-23-15(21)17(11-13(17)7-3-5-9-19)25-18(16(22)24-2)12-14(18)8-4-6-10-20/h9-10,13-14H,7-8,11-12H2,1-2H3. The van der Waals surface area contributed by atoms with Crippen molar-refractivity contribution in [2.45, 2.75) is 36.9 Å². The predicted octanol–water partition coefficient (Wildman–Crippen LogP) is 0.0512. The van der Waals surface area contributed by atoms with E-state index in [9.17, 15) is 19.2 Å². The van der Waals surface area contributed by atoms with Crippen molar-refractivity contribution < 1.29 is 33.4 Å². The maximum Gasteiger partial charge on any atom is 0.338 e. The summed E-state index contributed by atoms with van der Waals surface area (Å²) in [5.74, 6) is 8.17. The molecular formula is C18H18O7. The molecule has 0 aliphatic heterocycles. The Balaban J connectivity index is 2.18. The summed E-state index contributed by atoms with van der Waals surface area (Å²) < 4.78 is 15.6. The predicted molar refractivity (Wildman–Crippen MR) is 83.7 cm³/mol. The van der Waals surface area contributed by atoms with E-state index in [0.717, 1.165) is 0 Å². The van der Waals surface area contributed by atoms with Gasteiger partial charge in [-0.25, -0.2) is 9.59 Å². The number of ether oxygens (including phenoxy) is 3. The Kier molecular flexibility index (Phi) is 5.61. The van der Waals surface area contributed by atoms with E-state index in [-0.39, 0.29) is 24.7 Å². The molecule has 2 aliphatic rings. The zero-order valence-corrected chi connectivity index (χ0v) is 14.0. The van der Waals surface area contributed by atoms with Crippen LogP contribution in [0, 0.1) is 35.5 Å². The molecule has 0 amide bonds. The molecule has 0 aromatic rings. The van der Waals surface area contributed by atoms with Crippen LogP contribution in [0.2, 0.25) is 0 Å². The summed E-state index contributed by atoms with van der Waals surface area (Å²) in [4.78, 5) is 45.1. The van der Waals surface area contributed by atoms with Gasteiger partial charge >= 0.3 is 11.9 Å². The van der Waals surface area contributed by atoms with E-state index in [4.69, 9.17) is 14.2 Å². The second-order valence-corrected chi connectivity index (χ2v) is 5.95. The highest BCUT2D eigenvalue weighted by molar-refractivity contribution is 5.88. The number of hydrogen-bond donors (Lipinski definition) is 0. The fourth-order valence-electron chi connectivity index (χ4n) is 3.04.